The van der Waals surface area contributed by atoms with E-state index in [0.29, 0.717) is 24.8 Å². The van der Waals surface area contributed by atoms with Gasteiger partial charge >= 0.3 is 5.97 Å². The number of carbonyl (C=O) groups excluding carboxylic acids is 1. The molecule has 0 aromatic heterocycles. The molecule has 1 saturated carbocycles. The van der Waals surface area contributed by atoms with Gasteiger partial charge in [0.05, 0.1) is 10.8 Å². The first-order valence-corrected chi connectivity index (χ1v) is 6.67. The number of carboxylic acid groups (broad SMARTS) is 1. The number of rotatable bonds is 4. The second-order valence-corrected chi connectivity index (χ2v) is 5.23. The number of nitrogens with zero attached hydrogens (tertiary/aromatic N) is 1. The van der Waals surface area contributed by atoms with Crippen LogP contribution in [0.3, 0.4) is 0 Å². The fourth-order valence-electron chi connectivity index (χ4n) is 2.67. The van der Waals surface area contributed by atoms with Crippen molar-refractivity contribution >= 4 is 17.6 Å². The molecule has 1 aliphatic carbocycles. The number of carbonyl (C=O) groups is 2. The van der Waals surface area contributed by atoms with E-state index in [1.807, 2.05) is 0 Å². The van der Waals surface area contributed by atoms with Crippen LogP contribution in [0, 0.1) is 23.0 Å². The van der Waals surface area contributed by atoms with Gasteiger partial charge in [-0.1, -0.05) is 6.07 Å². The van der Waals surface area contributed by atoms with Crippen molar-refractivity contribution in [3.05, 3.63) is 39.4 Å². The van der Waals surface area contributed by atoms with Crippen molar-refractivity contribution in [1.29, 1.82) is 0 Å². The summed E-state index contributed by atoms with van der Waals surface area (Å²) in [5, 5.41) is 22.6. The van der Waals surface area contributed by atoms with Crippen molar-refractivity contribution < 1.29 is 19.6 Å². The summed E-state index contributed by atoms with van der Waals surface area (Å²) in [6.07, 6.45) is 1.54. The second-order valence-electron chi connectivity index (χ2n) is 5.23. The number of nitro benzene ring substituents is 1. The monoisotopic (exact) mass is 292 g/mol. The van der Waals surface area contributed by atoms with Crippen molar-refractivity contribution in [1.82, 2.24) is 5.32 Å². The molecule has 2 atom stereocenters. The minimum Gasteiger partial charge on any atom is -0.481 e. The van der Waals surface area contributed by atoms with Crippen LogP contribution in [0.15, 0.2) is 18.2 Å². The maximum atomic E-state index is 12.2. The Bertz CT molecular complexity index is 599. The van der Waals surface area contributed by atoms with Crippen LogP contribution in [0.1, 0.15) is 35.2 Å². The molecule has 1 aromatic carbocycles. The van der Waals surface area contributed by atoms with E-state index in [0.717, 1.165) is 0 Å². The zero-order valence-electron chi connectivity index (χ0n) is 11.5. The topological polar surface area (TPSA) is 110 Å². The van der Waals surface area contributed by atoms with Gasteiger partial charge in [-0.2, -0.15) is 0 Å². The van der Waals surface area contributed by atoms with Gasteiger partial charge in [-0.3, -0.25) is 19.7 Å². The summed E-state index contributed by atoms with van der Waals surface area (Å²) in [6.45, 7) is 1.53. The van der Waals surface area contributed by atoms with Gasteiger partial charge in [0.15, 0.2) is 0 Å². The summed E-state index contributed by atoms with van der Waals surface area (Å²) in [7, 11) is 0. The van der Waals surface area contributed by atoms with E-state index in [2.05, 4.69) is 5.32 Å². The fraction of sp³-hybridized carbons (Fsp3) is 0.429. The number of aliphatic carboxylic acids is 1. The van der Waals surface area contributed by atoms with Crippen molar-refractivity contribution in [2.75, 3.05) is 0 Å². The molecule has 1 aromatic rings. The van der Waals surface area contributed by atoms with E-state index >= 15 is 0 Å². The molecule has 2 rings (SSSR count). The Morgan fingerprint density at radius 1 is 1.38 bits per heavy atom. The predicted octanol–water partition coefficient (Wildman–Crippen LogP) is 1.89. The Kier molecular flexibility index (Phi) is 4.21. The van der Waals surface area contributed by atoms with Crippen molar-refractivity contribution in [2.45, 2.75) is 32.2 Å². The maximum absolute atomic E-state index is 12.2. The third kappa shape index (κ3) is 3.18. The highest BCUT2D eigenvalue weighted by Crippen LogP contribution is 2.27. The summed E-state index contributed by atoms with van der Waals surface area (Å²) >= 11 is 0. The molecule has 21 heavy (non-hydrogen) atoms. The minimum atomic E-state index is -0.849. The molecule has 1 fully saturated rings. The summed E-state index contributed by atoms with van der Waals surface area (Å²) in [4.78, 5) is 33.4. The molecule has 0 heterocycles. The van der Waals surface area contributed by atoms with Gasteiger partial charge in [0, 0.05) is 23.2 Å². The van der Waals surface area contributed by atoms with Crippen LogP contribution in [0.5, 0.6) is 0 Å². The number of amides is 1. The first-order valence-electron chi connectivity index (χ1n) is 6.67. The second kappa shape index (κ2) is 5.90. The van der Waals surface area contributed by atoms with Crippen LogP contribution in [-0.4, -0.2) is 27.9 Å². The summed E-state index contributed by atoms with van der Waals surface area (Å²) in [5.41, 5.74) is 0.466. The molecule has 7 heteroatoms. The molecule has 2 N–H and O–H groups in total. The number of carboxylic acids is 1. The van der Waals surface area contributed by atoms with E-state index in [1.165, 1.54) is 25.1 Å². The fourth-order valence-corrected chi connectivity index (χ4v) is 2.67. The van der Waals surface area contributed by atoms with Gasteiger partial charge in [-0.05, 0) is 32.3 Å². The lowest BCUT2D eigenvalue weighted by Gasteiger charge is -2.13. The smallest absolute Gasteiger partial charge is 0.306 e. The molecule has 1 amide bonds. The van der Waals surface area contributed by atoms with Crippen LogP contribution < -0.4 is 5.32 Å². The largest absolute Gasteiger partial charge is 0.481 e. The Hall–Kier alpha value is -2.44. The third-order valence-electron chi connectivity index (χ3n) is 3.86. The Labute approximate surface area is 121 Å². The van der Waals surface area contributed by atoms with Crippen LogP contribution >= 0.6 is 0 Å². The summed E-state index contributed by atoms with van der Waals surface area (Å²) in [5.74, 6) is -1.67. The highest BCUT2D eigenvalue weighted by molar-refractivity contribution is 5.96. The molecule has 0 saturated heterocycles. The lowest BCUT2D eigenvalue weighted by atomic mass is 10.1. The number of hydrogen-bond acceptors (Lipinski definition) is 4. The average Bonchev–Trinajstić information content (AvgIpc) is 2.87. The van der Waals surface area contributed by atoms with E-state index in [4.69, 9.17) is 5.11 Å². The van der Waals surface area contributed by atoms with Gasteiger partial charge in [0.25, 0.3) is 11.6 Å². The maximum Gasteiger partial charge on any atom is 0.306 e. The zero-order valence-corrected chi connectivity index (χ0v) is 11.5. The lowest BCUT2D eigenvalue weighted by Crippen LogP contribution is -2.33. The van der Waals surface area contributed by atoms with Gasteiger partial charge in [0.2, 0.25) is 0 Å². The van der Waals surface area contributed by atoms with Crippen LogP contribution in [0.2, 0.25) is 0 Å². The van der Waals surface area contributed by atoms with Gasteiger partial charge in [-0.25, -0.2) is 0 Å². The zero-order chi connectivity index (χ0) is 15.6. The van der Waals surface area contributed by atoms with Crippen molar-refractivity contribution in [3.63, 3.8) is 0 Å². The molecule has 2 unspecified atom stereocenters. The lowest BCUT2D eigenvalue weighted by molar-refractivity contribution is -0.385. The first kappa shape index (κ1) is 15.0. The Morgan fingerprint density at radius 2 is 2.10 bits per heavy atom. The molecule has 7 nitrogen and oxygen atoms in total. The van der Waals surface area contributed by atoms with E-state index in [9.17, 15) is 19.7 Å². The van der Waals surface area contributed by atoms with E-state index in [1.54, 1.807) is 0 Å². The van der Waals surface area contributed by atoms with Gasteiger partial charge in [0.1, 0.15) is 0 Å². The molecule has 1 aliphatic rings. The molecule has 112 valence electrons. The normalized spacial score (nSPS) is 21.0. The van der Waals surface area contributed by atoms with Crippen molar-refractivity contribution in [3.8, 4) is 0 Å². The third-order valence-corrected chi connectivity index (χ3v) is 3.86. The molecular formula is C14H16N2O5. The highest BCUT2D eigenvalue weighted by Gasteiger charge is 2.31. The van der Waals surface area contributed by atoms with Gasteiger partial charge < -0.3 is 10.4 Å². The minimum absolute atomic E-state index is 0.0996. The summed E-state index contributed by atoms with van der Waals surface area (Å²) in [6, 6.07) is 4.15. The first-order chi connectivity index (χ1) is 9.90. The van der Waals surface area contributed by atoms with Crippen LogP contribution in [0.25, 0.3) is 0 Å². The summed E-state index contributed by atoms with van der Waals surface area (Å²) < 4.78 is 0. The average molecular weight is 292 g/mol. The Balaban J connectivity index is 2.10. The quantitative estimate of drug-likeness (QED) is 0.650. The van der Waals surface area contributed by atoms with Crippen LogP contribution in [-0.2, 0) is 4.79 Å². The number of benzene rings is 1. The van der Waals surface area contributed by atoms with E-state index in [-0.39, 0.29) is 17.3 Å². The molecular weight excluding hydrogens is 276 g/mol. The molecule has 0 radical (unpaired) electrons. The molecule has 0 aliphatic heterocycles. The SMILES string of the molecule is Cc1c(C(=O)NC2CCC(C(=O)O)C2)cccc1[N+](=O)[O-]. The predicted molar refractivity (Wildman–Crippen MR) is 74.1 cm³/mol. The van der Waals surface area contributed by atoms with Crippen LogP contribution in [0.4, 0.5) is 5.69 Å². The standard InChI is InChI=1S/C14H16N2O5/c1-8-11(3-2-4-12(8)16(20)21)13(17)15-10-6-5-9(7-10)14(18)19/h2-4,9-10H,5-7H2,1H3,(H,15,17)(H,18,19). The highest BCUT2D eigenvalue weighted by atomic mass is 16.6. The Morgan fingerprint density at radius 3 is 2.67 bits per heavy atom. The van der Waals surface area contributed by atoms with Gasteiger partial charge in [-0.15, -0.1) is 0 Å². The van der Waals surface area contributed by atoms with Crippen molar-refractivity contribution in [2.24, 2.45) is 5.92 Å². The number of nitrogens with one attached hydrogen (secondary N) is 1. The molecule has 0 spiro atoms. The van der Waals surface area contributed by atoms with E-state index < -0.39 is 22.7 Å². The molecule has 0 bridgehead atoms. The number of nitro groups is 1. The number of hydrogen-bond donors (Lipinski definition) is 2.